The predicted octanol–water partition coefficient (Wildman–Crippen LogP) is 3.23. The zero-order valence-corrected chi connectivity index (χ0v) is 14.3. The fraction of sp³-hybridized carbons (Fsp3) is 0.538. The minimum atomic E-state index is 0.601. The minimum absolute atomic E-state index is 0.601. The van der Waals surface area contributed by atoms with Crippen LogP contribution in [0.3, 0.4) is 0 Å². The van der Waals surface area contributed by atoms with E-state index in [9.17, 15) is 0 Å². The maximum atomic E-state index is 5.69. The lowest BCUT2D eigenvalue weighted by atomic mass is 10.3. The number of hydrogen-bond donors (Lipinski definition) is 1. The molecule has 0 aliphatic rings. The molecule has 1 aromatic carbocycles. The molecule has 0 saturated carbocycles. The van der Waals surface area contributed by atoms with E-state index in [1.54, 1.807) is 7.11 Å². The Kier molecular flexibility index (Phi) is 8.45. The van der Waals surface area contributed by atoms with Crippen LogP contribution in [0.15, 0.2) is 21.1 Å². The van der Waals surface area contributed by atoms with Crippen LogP contribution in [0.4, 0.5) is 0 Å². The van der Waals surface area contributed by atoms with Gasteiger partial charge in [0.25, 0.3) is 0 Å². The van der Waals surface area contributed by atoms with Crippen LogP contribution in [-0.4, -0.2) is 40.0 Å². The normalized spacial score (nSPS) is 10.5. The minimum Gasteiger partial charge on any atom is -0.496 e. The van der Waals surface area contributed by atoms with Crippen molar-refractivity contribution in [3.05, 3.63) is 21.1 Å². The number of methoxy groups -OCH3 is 1. The molecule has 0 spiro atoms. The topological polar surface area (TPSA) is 39.7 Å². The van der Waals surface area contributed by atoms with Crippen LogP contribution in [0.25, 0.3) is 0 Å². The lowest BCUT2D eigenvalue weighted by molar-refractivity contribution is 0.148. The summed E-state index contributed by atoms with van der Waals surface area (Å²) in [6.07, 6.45) is 0. The highest BCUT2D eigenvalue weighted by Crippen LogP contribution is 2.35. The first-order chi connectivity index (χ1) is 9.19. The molecule has 0 fully saturated rings. The molecule has 0 heterocycles. The second-order valence-electron chi connectivity index (χ2n) is 3.71. The van der Waals surface area contributed by atoms with Gasteiger partial charge >= 0.3 is 0 Å². The molecule has 0 aliphatic heterocycles. The second-order valence-corrected chi connectivity index (χ2v) is 5.42. The summed E-state index contributed by atoms with van der Waals surface area (Å²) in [5.74, 6) is 1.56. The first-order valence-electron chi connectivity index (χ1n) is 6.13. The number of benzene rings is 1. The van der Waals surface area contributed by atoms with Crippen LogP contribution in [0.1, 0.15) is 6.92 Å². The molecule has 0 amide bonds. The molecule has 0 radical (unpaired) electrons. The Hall–Kier alpha value is -0.300. The third-order valence-electron chi connectivity index (χ3n) is 2.37. The van der Waals surface area contributed by atoms with Crippen molar-refractivity contribution in [3.63, 3.8) is 0 Å². The van der Waals surface area contributed by atoms with Crippen LogP contribution >= 0.6 is 31.9 Å². The van der Waals surface area contributed by atoms with Gasteiger partial charge in [0.15, 0.2) is 0 Å². The lowest BCUT2D eigenvalue weighted by Gasteiger charge is -2.11. The molecular weight excluding hydrogens is 378 g/mol. The van der Waals surface area contributed by atoms with Gasteiger partial charge < -0.3 is 19.5 Å². The highest BCUT2D eigenvalue weighted by molar-refractivity contribution is 9.11. The standard InChI is InChI=1S/C13H19Br2NO3/c1-3-18-6-4-16-5-7-19-13-9-10(14)12(17-2)8-11(13)15/h8-9,16H,3-7H2,1-2H3. The summed E-state index contributed by atoms with van der Waals surface area (Å²) in [4.78, 5) is 0. The molecule has 0 unspecified atom stereocenters. The van der Waals surface area contributed by atoms with Crippen molar-refractivity contribution >= 4 is 31.9 Å². The van der Waals surface area contributed by atoms with E-state index in [0.717, 1.165) is 46.7 Å². The summed E-state index contributed by atoms with van der Waals surface area (Å²) < 4.78 is 17.9. The molecule has 0 aliphatic carbocycles. The Morgan fingerprint density at radius 1 is 1.05 bits per heavy atom. The van der Waals surface area contributed by atoms with Crippen molar-refractivity contribution in [1.29, 1.82) is 0 Å². The van der Waals surface area contributed by atoms with Crippen molar-refractivity contribution in [2.75, 3.05) is 40.0 Å². The lowest BCUT2D eigenvalue weighted by Crippen LogP contribution is -2.25. The van der Waals surface area contributed by atoms with Crippen molar-refractivity contribution in [2.24, 2.45) is 0 Å². The van der Waals surface area contributed by atoms with E-state index in [2.05, 4.69) is 37.2 Å². The molecule has 19 heavy (non-hydrogen) atoms. The Labute approximate surface area is 131 Å². The Morgan fingerprint density at radius 3 is 2.37 bits per heavy atom. The van der Waals surface area contributed by atoms with Gasteiger partial charge in [0, 0.05) is 19.7 Å². The summed E-state index contributed by atoms with van der Waals surface area (Å²) in [7, 11) is 1.63. The fourth-order valence-corrected chi connectivity index (χ4v) is 2.35. The highest BCUT2D eigenvalue weighted by Gasteiger charge is 2.07. The summed E-state index contributed by atoms with van der Waals surface area (Å²) in [5.41, 5.74) is 0. The smallest absolute Gasteiger partial charge is 0.134 e. The first kappa shape index (κ1) is 16.8. The van der Waals surface area contributed by atoms with Crippen molar-refractivity contribution in [1.82, 2.24) is 5.32 Å². The highest BCUT2D eigenvalue weighted by atomic mass is 79.9. The van der Waals surface area contributed by atoms with Gasteiger partial charge in [0.2, 0.25) is 0 Å². The molecule has 4 nitrogen and oxygen atoms in total. The Morgan fingerprint density at radius 2 is 1.68 bits per heavy atom. The first-order valence-corrected chi connectivity index (χ1v) is 7.72. The summed E-state index contributed by atoms with van der Waals surface area (Å²) >= 11 is 6.89. The van der Waals surface area contributed by atoms with Crippen LogP contribution in [-0.2, 0) is 4.74 Å². The third-order valence-corrected chi connectivity index (χ3v) is 3.61. The van der Waals surface area contributed by atoms with Crippen molar-refractivity contribution in [2.45, 2.75) is 6.92 Å². The van der Waals surface area contributed by atoms with Crippen LogP contribution in [0.2, 0.25) is 0 Å². The monoisotopic (exact) mass is 395 g/mol. The van der Waals surface area contributed by atoms with Gasteiger partial charge in [-0.2, -0.15) is 0 Å². The van der Waals surface area contributed by atoms with Crippen LogP contribution in [0, 0.1) is 0 Å². The molecule has 0 atom stereocenters. The van der Waals surface area contributed by atoms with E-state index >= 15 is 0 Å². The molecule has 0 saturated heterocycles. The van der Waals surface area contributed by atoms with Crippen LogP contribution < -0.4 is 14.8 Å². The maximum Gasteiger partial charge on any atom is 0.134 e. The zero-order chi connectivity index (χ0) is 14.1. The number of rotatable bonds is 9. The number of hydrogen-bond acceptors (Lipinski definition) is 4. The summed E-state index contributed by atoms with van der Waals surface area (Å²) in [5, 5.41) is 3.25. The fourth-order valence-electron chi connectivity index (χ4n) is 1.42. The van der Waals surface area contributed by atoms with Crippen LogP contribution in [0.5, 0.6) is 11.5 Å². The Bertz CT molecular complexity index is 388. The average Bonchev–Trinajstić information content (AvgIpc) is 2.41. The maximum absolute atomic E-state index is 5.69. The number of ether oxygens (including phenoxy) is 3. The van der Waals surface area contributed by atoms with E-state index in [1.807, 2.05) is 19.1 Å². The molecule has 0 bridgehead atoms. The zero-order valence-electron chi connectivity index (χ0n) is 11.2. The molecular formula is C13H19Br2NO3. The van der Waals surface area contributed by atoms with Gasteiger partial charge in [0.05, 0.1) is 22.7 Å². The molecule has 1 rings (SSSR count). The van der Waals surface area contributed by atoms with E-state index in [0.29, 0.717) is 6.61 Å². The predicted molar refractivity (Wildman–Crippen MR) is 83.3 cm³/mol. The van der Waals surface area contributed by atoms with Crippen molar-refractivity contribution in [3.8, 4) is 11.5 Å². The number of nitrogens with one attached hydrogen (secondary N) is 1. The van der Waals surface area contributed by atoms with Gasteiger partial charge in [-0.3, -0.25) is 0 Å². The quantitative estimate of drug-likeness (QED) is 0.650. The van der Waals surface area contributed by atoms with Gasteiger partial charge in [-0.05, 0) is 50.9 Å². The molecule has 1 N–H and O–H groups in total. The molecule has 108 valence electrons. The van der Waals surface area contributed by atoms with Gasteiger partial charge in [-0.1, -0.05) is 0 Å². The van der Waals surface area contributed by atoms with Gasteiger partial charge in [-0.25, -0.2) is 0 Å². The van der Waals surface area contributed by atoms with E-state index in [4.69, 9.17) is 14.2 Å². The van der Waals surface area contributed by atoms with E-state index in [-0.39, 0.29) is 0 Å². The molecule has 1 aromatic rings. The number of halogens is 2. The van der Waals surface area contributed by atoms with E-state index in [1.165, 1.54) is 0 Å². The van der Waals surface area contributed by atoms with Gasteiger partial charge in [0.1, 0.15) is 18.1 Å². The van der Waals surface area contributed by atoms with E-state index < -0.39 is 0 Å². The molecule has 0 aromatic heterocycles. The third kappa shape index (κ3) is 6.12. The SMILES string of the molecule is CCOCCNCCOc1cc(Br)c(OC)cc1Br. The Balaban J connectivity index is 2.31. The summed E-state index contributed by atoms with van der Waals surface area (Å²) in [6, 6.07) is 3.77. The second kappa shape index (κ2) is 9.58. The van der Waals surface area contributed by atoms with Gasteiger partial charge in [-0.15, -0.1) is 0 Å². The average molecular weight is 397 g/mol. The van der Waals surface area contributed by atoms with Crippen molar-refractivity contribution < 1.29 is 14.2 Å². The largest absolute Gasteiger partial charge is 0.496 e. The summed E-state index contributed by atoms with van der Waals surface area (Å²) in [6.45, 7) is 5.69. The molecule has 6 heteroatoms.